The van der Waals surface area contributed by atoms with Crippen molar-refractivity contribution >= 4 is 22.5 Å². The third-order valence-corrected chi connectivity index (χ3v) is 3.50. The van der Waals surface area contributed by atoms with Gasteiger partial charge in [0.15, 0.2) is 0 Å². The SMILES string of the molecule is Cc1cccc2cc(C(N)c3cnns3)oc12. The van der Waals surface area contributed by atoms with Gasteiger partial charge < -0.3 is 10.2 Å². The summed E-state index contributed by atoms with van der Waals surface area (Å²) in [4.78, 5) is 0.904. The topological polar surface area (TPSA) is 64.9 Å². The standard InChI is InChI=1S/C12H11N3OS/c1-7-3-2-4-8-5-9(16-12(7)8)11(13)10-6-14-15-17-10/h2-6,11H,13H2,1H3. The average Bonchev–Trinajstić information content (AvgIpc) is 2.98. The molecule has 86 valence electrons. The molecule has 3 rings (SSSR count). The Kier molecular flexibility index (Phi) is 2.42. The zero-order valence-corrected chi connectivity index (χ0v) is 10.1. The van der Waals surface area contributed by atoms with Crippen molar-refractivity contribution in [3.8, 4) is 0 Å². The molecule has 0 aliphatic carbocycles. The third-order valence-electron chi connectivity index (χ3n) is 2.75. The molecule has 17 heavy (non-hydrogen) atoms. The zero-order valence-electron chi connectivity index (χ0n) is 9.25. The van der Waals surface area contributed by atoms with Crippen molar-refractivity contribution in [3.05, 3.63) is 46.7 Å². The predicted octanol–water partition coefficient (Wildman–Crippen LogP) is 2.64. The molecule has 0 aliphatic rings. The van der Waals surface area contributed by atoms with E-state index in [1.807, 2.05) is 31.2 Å². The van der Waals surface area contributed by atoms with E-state index in [-0.39, 0.29) is 6.04 Å². The highest BCUT2D eigenvalue weighted by Gasteiger charge is 2.16. The maximum absolute atomic E-state index is 6.11. The zero-order chi connectivity index (χ0) is 11.8. The van der Waals surface area contributed by atoms with Gasteiger partial charge in [-0.3, -0.25) is 0 Å². The number of aromatic nitrogens is 2. The summed E-state index contributed by atoms with van der Waals surface area (Å²) in [6.07, 6.45) is 1.68. The van der Waals surface area contributed by atoms with E-state index < -0.39 is 0 Å². The van der Waals surface area contributed by atoms with Gasteiger partial charge in [-0.2, -0.15) is 0 Å². The summed E-state index contributed by atoms with van der Waals surface area (Å²) in [5.74, 6) is 0.750. The molecule has 0 aliphatic heterocycles. The van der Waals surface area contributed by atoms with Gasteiger partial charge in [0.2, 0.25) is 0 Å². The Morgan fingerprint density at radius 1 is 1.41 bits per heavy atom. The summed E-state index contributed by atoms with van der Waals surface area (Å²) in [6, 6.07) is 7.74. The van der Waals surface area contributed by atoms with Crippen molar-refractivity contribution < 1.29 is 4.42 Å². The minimum atomic E-state index is -0.290. The highest BCUT2D eigenvalue weighted by Crippen LogP contribution is 2.29. The van der Waals surface area contributed by atoms with Crippen LogP contribution >= 0.6 is 11.5 Å². The van der Waals surface area contributed by atoms with Crippen molar-refractivity contribution in [2.45, 2.75) is 13.0 Å². The monoisotopic (exact) mass is 245 g/mol. The van der Waals surface area contributed by atoms with Gasteiger partial charge in [-0.25, -0.2) is 0 Å². The van der Waals surface area contributed by atoms with Crippen LogP contribution in [0.4, 0.5) is 0 Å². The fraction of sp³-hybridized carbons (Fsp3) is 0.167. The highest BCUT2D eigenvalue weighted by atomic mass is 32.1. The third kappa shape index (κ3) is 1.73. The summed E-state index contributed by atoms with van der Waals surface area (Å²) in [5, 5.41) is 4.86. The van der Waals surface area contributed by atoms with Gasteiger partial charge in [-0.05, 0) is 30.1 Å². The van der Waals surface area contributed by atoms with E-state index in [0.29, 0.717) is 0 Å². The normalized spacial score (nSPS) is 13.1. The molecule has 0 amide bonds. The Labute approximate surface area is 102 Å². The Hall–Kier alpha value is -1.72. The van der Waals surface area contributed by atoms with Crippen molar-refractivity contribution in [2.75, 3.05) is 0 Å². The number of rotatable bonds is 2. The van der Waals surface area contributed by atoms with Crippen LogP contribution in [0.25, 0.3) is 11.0 Å². The van der Waals surface area contributed by atoms with Gasteiger partial charge in [0, 0.05) is 5.39 Å². The van der Waals surface area contributed by atoms with E-state index in [1.165, 1.54) is 11.5 Å². The molecule has 0 fully saturated rings. The molecule has 1 unspecified atom stereocenters. The molecule has 0 saturated heterocycles. The second-order valence-corrected chi connectivity index (χ2v) is 4.76. The molecule has 0 bridgehead atoms. The number of fused-ring (bicyclic) bond motifs is 1. The van der Waals surface area contributed by atoms with Crippen LogP contribution in [0.5, 0.6) is 0 Å². The minimum absolute atomic E-state index is 0.290. The molecule has 1 aromatic carbocycles. The van der Waals surface area contributed by atoms with Crippen molar-refractivity contribution in [2.24, 2.45) is 5.73 Å². The van der Waals surface area contributed by atoms with E-state index >= 15 is 0 Å². The molecule has 0 radical (unpaired) electrons. The van der Waals surface area contributed by atoms with Crippen molar-refractivity contribution in [1.29, 1.82) is 0 Å². The molecule has 2 N–H and O–H groups in total. The van der Waals surface area contributed by atoms with Crippen LogP contribution in [0.1, 0.15) is 22.2 Å². The number of benzene rings is 1. The van der Waals surface area contributed by atoms with Gasteiger partial charge in [0.1, 0.15) is 17.4 Å². The smallest absolute Gasteiger partial charge is 0.137 e. The lowest BCUT2D eigenvalue weighted by molar-refractivity contribution is 0.526. The summed E-state index contributed by atoms with van der Waals surface area (Å²) >= 11 is 1.29. The number of aryl methyl sites for hydroxylation is 1. The van der Waals surface area contributed by atoms with Crippen molar-refractivity contribution in [1.82, 2.24) is 9.59 Å². The molecule has 2 heterocycles. The highest BCUT2D eigenvalue weighted by molar-refractivity contribution is 7.05. The van der Waals surface area contributed by atoms with E-state index in [2.05, 4.69) is 9.59 Å². The van der Waals surface area contributed by atoms with Gasteiger partial charge in [0.25, 0.3) is 0 Å². The molecule has 0 spiro atoms. The molecular weight excluding hydrogens is 234 g/mol. The van der Waals surface area contributed by atoms with Crippen molar-refractivity contribution in [3.63, 3.8) is 0 Å². The quantitative estimate of drug-likeness (QED) is 0.753. The van der Waals surface area contributed by atoms with E-state index in [0.717, 1.165) is 27.2 Å². The number of furan rings is 1. The van der Waals surface area contributed by atoms with Crippen LogP contribution in [-0.2, 0) is 0 Å². The van der Waals surface area contributed by atoms with Gasteiger partial charge in [0.05, 0.1) is 11.1 Å². The molecule has 3 aromatic rings. The van der Waals surface area contributed by atoms with E-state index in [1.54, 1.807) is 6.20 Å². The lowest BCUT2D eigenvalue weighted by Gasteiger charge is -2.03. The van der Waals surface area contributed by atoms with Crippen LogP contribution in [0, 0.1) is 6.92 Å². The maximum Gasteiger partial charge on any atom is 0.137 e. The first kappa shape index (κ1) is 10.4. The lowest BCUT2D eigenvalue weighted by Crippen LogP contribution is -2.08. The van der Waals surface area contributed by atoms with Crippen LogP contribution in [0.2, 0.25) is 0 Å². The van der Waals surface area contributed by atoms with Crippen LogP contribution in [-0.4, -0.2) is 9.59 Å². The minimum Gasteiger partial charge on any atom is -0.459 e. The largest absolute Gasteiger partial charge is 0.459 e. The number of para-hydroxylation sites is 1. The van der Waals surface area contributed by atoms with Crippen LogP contribution in [0.15, 0.2) is 34.9 Å². The Morgan fingerprint density at radius 3 is 3.00 bits per heavy atom. The summed E-state index contributed by atoms with van der Waals surface area (Å²) in [7, 11) is 0. The Morgan fingerprint density at radius 2 is 2.29 bits per heavy atom. The molecular formula is C12H11N3OS. The van der Waals surface area contributed by atoms with Crippen LogP contribution in [0.3, 0.4) is 0 Å². The fourth-order valence-electron chi connectivity index (χ4n) is 1.83. The van der Waals surface area contributed by atoms with Gasteiger partial charge >= 0.3 is 0 Å². The summed E-state index contributed by atoms with van der Waals surface area (Å²) < 4.78 is 9.62. The van der Waals surface area contributed by atoms with Crippen LogP contribution < -0.4 is 5.73 Å². The summed E-state index contributed by atoms with van der Waals surface area (Å²) in [5.41, 5.74) is 8.12. The van der Waals surface area contributed by atoms with Gasteiger partial charge in [-0.1, -0.05) is 22.7 Å². The molecule has 1 atom stereocenters. The fourth-order valence-corrected chi connectivity index (χ4v) is 2.35. The first-order valence-electron chi connectivity index (χ1n) is 5.27. The number of nitrogens with zero attached hydrogens (tertiary/aromatic N) is 2. The Bertz CT molecular complexity index is 645. The predicted molar refractivity (Wildman–Crippen MR) is 66.9 cm³/mol. The number of hydrogen-bond donors (Lipinski definition) is 1. The lowest BCUT2D eigenvalue weighted by atomic mass is 10.1. The van der Waals surface area contributed by atoms with E-state index in [9.17, 15) is 0 Å². The molecule has 0 saturated carbocycles. The summed E-state index contributed by atoms with van der Waals surface area (Å²) in [6.45, 7) is 2.02. The molecule has 2 aromatic heterocycles. The first-order chi connectivity index (χ1) is 8.25. The molecule has 5 heteroatoms. The second-order valence-electron chi connectivity index (χ2n) is 3.94. The Balaban J connectivity index is 2.10. The maximum atomic E-state index is 6.11. The first-order valence-corrected chi connectivity index (χ1v) is 6.05. The number of hydrogen-bond acceptors (Lipinski definition) is 5. The van der Waals surface area contributed by atoms with E-state index in [4.69, 9.17) is 10.2 Å². The average molecular weight is 245 g/mol. The van der Waals surface area contributed by atoms with Gasteiger partial charge in [-0.15, -0.1) is 5.10 Å². The number of nitrogens with two attached hydrogens (primary N) is 1. The molecule has 4 nitrogen and oxygen atoms in total. The second kappa shape index (κ2) is 3.94.